The van der Waals surface area contributed by atoms with Crippen LogP contribution in [0, 0.1) is 18.2 Å². The van der Waals surface area contributed by atoms with Crippen LogP contribution in [0.1, 0.15) is 24.2 Å². The van der Waals surface area contributed by atoms with Crippen molar-refractivity contribution in [3.8, 4) is 12.3 Å². The summed E-state index contributed by atoms with van der Waals surface area (Å²) in [6.45, 7) is 1.55. The lowest BCUT2D eigenvalue weighted by molar-refractivity contribution is -0.138. The van der Waals surface area contributed by atoms with E-state index in [2.05, 4.69) is 21.2 Å². The van der Waals surface area contributed by atoms with Crippen LogP contribution in [0.5, 0.6) is 0 Å². The summed E-state index contributed by atoms with van der Waals surface area (Å²) in [5, 5.41) is 3.22. The Hall–Kier alpha value is -3.17. The van der Waals surface area contributed by atoms with Gasteiger partial charge in [0.05, 0.1) is 5.57 Å². The highest BCUT2D eigenvalue weighted by molar-refractivity contribution is 6.31. The molecule has 1 aliphatic heterocycles. The molecule has 1 N–H and O–H groups in total. The van der Waals surface area contributed by atoms with Crippen molar-refractivity contribution in [3.63, 3.8) is 0 Å². The van der Waals surface area contributed by atoms with Crippen molar-refractivity contribution in [2.75, 3.05) is 6.61 Å². The third-order valence-corrected chi connectivity index (χ3v) is 4.24. The summed E-state index contributed by atoms with van der Waals surface area (Å²) in [5.41, 5.74) is 1.84. The number of carbonyl (C=O) groups is 1. The van der Waals surface area contributed by atoms with Gasteiger partial charge in [-0.3, -0.25) is 9.98 Å². The zero-order valence-electron chi connectivity index (χ0n) is 14.4. The molecule has 2 aromatic rings. The van der Waals surface area contributed by atoms with Crippen molar-refractivity contribution >= 4 is 23.4 Å². The van der Waals surface area contributed by atoms with E-state index in [0.29, 0.717) is 22.8 Å². The number of hydrogen-bond donors (Lipinski definition) is 1. The fourth-order valence-electron chi connectivity index (χ4n) is 2.71. The number of nitrogens with one attached hydrogen (secondary N) is 1. The SMILES string of the molecule is C#CCOC(=O)C1=C(C)NC(c2ccccn2)=NC1c1ccc(F)cc1Cl. The van der Waals surface area contributed by atoms with E-state index in [1.165, 1.54) is 18.2 Å². The van der Waals surface area contributed by atoms with Crippen LogP contribution in [0.15, 0.2) is 58.9 Å². The van der Waals surface area contributed by atoms with E-state index in [9.17, 15) is 9.18 Å². The smallest absolute Gasteiger partial charge is 0.339 e. The topological polar surface area (TPSA) is 63.6 Å². The number of ether oxygens (including phenoxy) is 1. The Balaban J connectivity index is 2.10. The molecule has 0 spiro atoms. The van der Waals surface area contributed by atoms with E-state index >= 15 is 0 Å². The second-order valence-electron chi connectivity index (χ2n) is 5.70. The molecule has 0 bridgehead atoms. The standard InChI is InChI=1S/C20H15ClFN3O2/c1-3-10-27-20(26)17-12(2)24-19(16-6-4-5-9-23-16)25-18(17)14-8-7-13(22)11-15(14)21/h1,4-9,11,18H,10H2,2H3,(H,24,25). The lowest BCUT2D eigenvalue weighted by Crippen LogP contribution is -2.33. The van der Waals surface area contributed by atoms with Gasteiger partial charge in [0.25, 0.3) is 0 Å². The van der Waals surface area contributed by atoms with Gasteiger partial charge in [-0.1, -0.05) is 29.7 Å². The molecule has 1 aromatic carbocycles. The average molecular weight is 384 g/mol. The zero-order valence-corrected chi connectivity index (χ0v) is 15.1. The zero-order chi connectivity index (χ0) is 19.4. The van der Waals surface area contributed by atoms with Crippen LogP contribution in [0.25, 0.3) is 0 Å². The Bertz CT molecular complexity index is 980. The Morgan fingerprint density at radius 3 is 2.89 bits per heavy atom. The molecule has 0 amide bonds. The summed E-state index contributed by atoms with van der Waals surface area (Å²) in [4.78, 5) is 21.4. The van der Waals surface area contributed by atoms with Gasteiger partial charge in [-0.05, 0) is 31.2 Å². The first kappa shape index (κ1) is 18.6. The number of benzene rings is 1. The van der Waals surface area contributed by atoms with E-state index in [-0.39, 0.29) is 17.2 Å². The largest absolute Gasteiger partial charge is 0.449 e. The van der Waals surface area contributed by atoms with Crippen LogP contribution in [0.3, 0.4) is 0 Å². The second-order valence-corrected chi connectivity index (χ2v) is 6.11. The summed E-state index contributed by atoms with van der Waals surface area (Å²) in [6, 6.07) is 8.53. The second kappa shape index (κ2) is 8.02. The number of halogens is 2. The molecule has 5 nitrogen and oxygen atoms in total. The van der Waals surface area contributed by atoms with Crippen LogP contribution in [0.2, 0.25) is 5.02 Å². The Labute approximate surface area is 160 Å². The minimum Gasteiger partial charge on any atom is -0.449 e. The van der Waals surface area contributed by atoms with E-state index in [1.807, 2.05) is 6.07 Å². The van der Waals surface area contributed by atoms with Gasteiger partial charge in [0.15, 0.2) is 12.4 Å². The molecule has 1 atom stereocenters. The lowest BCUT2D eigenvalue weighted by atomic mass is 9.95. The maximum absolute atomic E-state index is 13.5. The highest BCUT2D eigenvalue weighted by Gasteiger charge is 2.32. The number of esters is 1. The van der Waals surface area contributed by atoms with Crippen LogP contribution >= 0.6 is 11.6 Å². The molecule has 2 heterocycles. The predicted octanol–water partition coefficient (Wildman–Crippen LogP) is 3.42. The van der Waals surface area contributed by atoms with Crippen LogP contribution in [0.4, 0.5) is 4.39 Å². The Morgan fingerprint density at radius 1 is 1.41 bits per heavy atom. The van der Waals surface area contributed by atoms with Crippen LogP contribution < -0.4 is 5.32 Å². The number of carbonyl (C=O) groups excluding carboxylic acids is 1. The molecule has 3 rings (SSSR count). The molecule has 7 heteroatoms. The number of amidine groups is 1. The summed E-state index contributed by atoms with van der Waals surface area (Å²) >= 11 is 6.23. The first-order chi connectivity index (χ1) is 13.0. The molecule has 0 aliphatic carbocycles. The van der Waals surface area contributed by atoms with Gasteiger partial charge in [-0.25, -0.2) is 9.18 Å². The number of aliphatic imine (C=N–C) groups is 1. The van der Waals surface area contributed by atoms with Crippen molar-refractivity contribution < 1.29 is 13.9 Å². The maximum atomic E-state index is 13.5. The van der Waals surface area contributed by atoms with Crippen molar-refractivity contribution in [2.45, 2.75) is 13.0 Å². The first-order valence-electron chi connectivity index (χ1n) is 8.03. The highest BCUT2D eigenvalue weighted by atomic mass is 35.5. The van der Waals surface area contributed by atoms with Gasteiger partial charge in [0, 0.05) is 22.5 Å². The molecule has 136 valence electrons. The fraction of sp³-hybridized carbons (Fsp3) is 0.150. The molecule has 0 fully saturated rings. The predicted molar refractivity (Wildman–Crippen MR) is 101 cm³/mol. The van der Waals surface area contributed by atoms with Gasteiger partial charge >= 0.3 is 5.97 Å². The van der Waals surface area contributed by atoms with Crippen molar-refractivity contribution in [1.29, 1.82) is 0 Å². The normalized spacial score (nSPS) is 16.2. The lowest BCUT2D eigenvalue weighted by Gasteiger charge is -2.26. The summed E-state index contributed by atoms with van der Waals surface area (Å²) in [6.07, 6.45) is 6.80. The van der Waals surface area contributed by atoms with Gasteiger partial charge in [-0.15, -0.1) is 6.42 Å². The molecular formula is C20H15ClFN3O2. The van der Waals surface area contributed by atoms with E-state index in [1.54, 1.807) is 25.3 Å². The molecule has 27 heavy (non-hydrogen) atoms. The third kappa shape index (κ3) is 3.99. The van der Waals surface area contributed by atoms with Crippen molar-refractivity contribution in [3.05, 3.63) is 76.0 Å². The van der Waals surface area contributed by atoms with Crippen molar-refractivity contribution in [2.24, 2.45) is 4.99 Å². The first-order valence-corrected chi connectivity index (χ1v) is 8.41. The highest BCUT2D eigenvalue weighted by Crippen LogP contribution is 2.36. The fourth-order valence-corrected chi connectivity index (χ4v) is 2.98. The number of terminal acetylenes is 1. The van der Waals surface area contributed by atoms with Gasteiger partial charge in [0.2, 0.25) is 0 Å². The number of allylic oxidation sites excluding steroid dienone is 1. The minimum absolute atomic E-state index is 0.154. The quantitative estimate of drug-likeness (QED) is 0.649. The molecule has 1 aromatic heterocycles. The summed E-state index contributed by atoms with van der Waals surface area (Å²) < 4.78 is 18.6. The van der Waals surface area contributed by atoms with Crippen LogP contribution in [-0.2, 0) is 9.53 Å². The number of nitrogens with zero attached hydrogens (tertiary/aromatic N) is 2. The molecule has 1 unspecified atom stereocenters. The number of pyridine rings is 1. The summed E-state index contributed by atoms with van der Waals surface area (Å²) in [7, 11) is 0. The molecule has 1 aliphatic rings. The van der Waals surface area contributed by atoms with Gasteiger partial charge in [-0.2, -0.15) is 0 Å². The third-order valence-electron chi connectivity index (χ3n) is 3.91. The van der Waals surface area contributed by atoms with Crippen molar-refractivity contribution in [1.82, 2.24) is 10.3 Å². The van der Waals surface area contributed by atoms with E-state index in [0.717, 1.165) is 0 Å². The maximum Gasteiger partial charge on any atom is 0.339 e. The molecule has 0 radical (unpaired) electrons. The molecular weight excluding hydrogens is 369 g/mol. The van der Waals surface area contributed by atoms with Crippen LogP contribution in [-0.4, -0.2) is 23.4 Å². The summed E-state index contributed by atoms with van der Waals surface area (Å²) in [5.74, 6) is 1.62. The van der Waals surface area contributed by atoms with Gasteiger partial charge in [0.1, 0.15) is 17.6 Å². The number of rotatable bonds is 4. The monoisotopic (exact) mass is 383 g/mol. The minimum atomic E-state index is -0.790. The average Bonchev–Trinajstić information content (AvgIpc) is 2.66. The van der Waals surface area contributed by atoms with E-state index in [4.69, 9.17) is 22.8 Å². The number of aromatic nitrogens is 1. The van der Waals surface area contributed by atoms with E-state index < -0.39 is 17.8 Å². The molecule has 0 saturated carbocycles. The Kier molecular flexibility index (Phi) is 5.53. The number of hydrogen-bond acceptors (Lipinski definition) is 5. The van der Waals surface area contributed by atoms with Gasteiger partial charge < -0.3 is 10.1 Å². The molecule has 0 saturated heterocycles. The Morgan fingerprint density at radius 2 is 2.22 bits per heavy atom.